The molecule has 0 heterocycles. The van der Waals surface area contributed by atoms with Crippen LogP contribution in [-0.4, -0.2) is 34.9 Å². The van der Waals surface area contributed by atoms with Crippen LogP contribution < -0.4 is 5.32 Å². The Hall–Kier alpha value is -3.21. The topological polar surface area (TPSA) is 69.6 Å². The molecule has 2 atom stereocenters. The first-order chi connectivity index (χ1) is 38.2. The molecule has 0 aromatic heterocycles. The number of hydrogen-bond acceptors (Lipinski definition) is 3. The lowest BCUT2D eigenvalue weighted by molar-refractivity contribution is -0.123. The summed E-state index contributed by atoms with van der Waals surface area (Å²) in [4.78, 5) is 12.5. The van der Waals surface area contributed by atoms with E-state index in [1.165, 1.54) is 199 Å². The molecule has 4 nitrogen and oxygen atoms in total. The molecule has 0 rings (SSSR count). The van der Waals surface area contributed by atoms with E-state index in [4.69, 9.17) is 0 Å². The highest BCUT2D eigenvalue weighted by atomic mass is 16.3. The van der Waals surface area contributed by atoms with Crippen molar-refractivity contribution in [3.8, 4) is 0 Å². The van der Waals surface area contributed by atoms with Gasteiger partial charge in [-0.2, -0.15) is 0 Å². The van der Waals surface area contributed by atoms with Crippen LogP contribution in [0.2, 0.25) is 0 Å². The van der Waals surface area contributed by atoms with Crippen molar-refractivity contribution in [2.75, 3.05) is 6.61 Å². The second-order valence-electron chi connectivity index (χ2n) is 22.2. The van der Waals surface area contributed by atoms with E-state index >= 15 is 0 Å². The van der Waals surface area contributed by atoms with Crippen LogP contribution in [0.15, 0.2) is 122 Å². The third-order valence-corrected chi connectivity index (χ3v) is 14.7. The van der Waals surface area contributed by atoms with Crippen molar-refractivity contribution in [2.24, 2.45) is 0 Å². The number of rotatable bonds is 60. The van der Waals surface area contributed by atoms with Crippen molar-refractivity contribution < 1.29 is 15.0 Å². The van der Waals surface area contributed by atoms with E-state index in [0.717, 1.165) is 96.3 Å². The van der Waals surface area contributed by atoms with Crippen LogP contribution in [0.5, 0.6) is 0 Å². The summed E-state index contributed by atoms with van der Waals surface area (Å²) < 4.78 is 0. The molecule has 0 aromatic carbocycles. The number of unbranched alkanes of at least 4 members (excludes halogenated alkanes) is 35. The molecule has 0 aliphatic rings. The van der Waals surface area contributed by atoms with Gasteiger partial charge in [0.1, 0.15) is 0 Å². The number of amides is 1. The molecule has 0 fully saturated rings. The maximum Gasteiger partial charge on any atom is 0.220 e. The second-order valence-corrected chi connectivity index (χ2v) is 22.2. The molecule has 1 amide bonds. The highest BCUT2D eigenvalue weighted by molar-refractivity contribution is 5.76. The molecule has 4 heteroatoms. The van der Waals surface area contributed by atoms with E-state index in [0.29, 0.717) is 6.42 Å². The molecule has 2 unspecified atom stereocenters. The zero-order valence-corrected chi connectivity index (χ0v) is 50.9. The van der Waals surface area contributed by atoms with Crippen molar-refractivity contribution in [1.29, 1.82) is 0 Å². The van der Waals surface area contributed by atoms with E-state index in [9.17, 15) is 15.0 Å². The van der Waals surface area contributed by atoms with E-state index in [-0.39, 0.29) is 12.5 Å². The van der Waals surface area contributed by atoms with Crippen LogP contribution in [0, 0.1) is 0 Å². The van der Waals surface area contributed by atoms with Crippen molar-refractivity contribution in [3.63, 3.8) is 0 Å². The van der Waals surface area contributed by atoms with Gasteiger partial charge in [0.2, 0.25) is 5.91 Å². The second kappa shape index (κ2) is 67.1. The smallest absolute Gasteiger partial charge is 0.220 e. The van der Waals surface area contributed by atoms with E-state index < -0.39 is 12.1 Å². The molecule has 0 aliphatic carbocycles. The lowest BCUT2D eigenvalue weighted by atomic mass is 10.0. The highest BCUT2D eigenvalue weighted by Crippen LogP contribution is 2.17. The molecule has 0 bridgehead atoms. The summed E-state index contributed by atoms with van der Waals surface area (Å²) in [5.74, 6) is -0.0767. The van der Waals surface area contributed by atoms with Crippen molar-refractivity contribution in [1.82, 2.24) is 5.32 Å². The fourth-order valence-corrected chi connectivity index (χ4v) is 9.70. The molecule has 0 saturated heterocycles. The number of allylic oxidation sites excluding steroid dienone is 19. The molecule has 442 valence electrons. The number of nitrogens with one attached hydrogen (secondary N) is 1. The van der Waals surface area contributed by atoms with Gasteiger partial charge < -0.3 is 15.5 Å². The maximum atomic E-state index is 12.5. The lowest BCUT2D eigenvalue weighted by Crippen LogP contribution is -2.45. The highest BCUT2D eigenvalue weighted by Gasteiger charge is 2.18. The molecule has 0 saturated carbocycles. The number of carbonyl (C=O) groups is 1. The Kier molecular flexibility index (Phi) is 64.3. The predicted octanol–water partition coefficient (Wildman–Crippen LogP) is 22.8. The molecule has 0 aromatic rings. The van der Waals surface area contributed by atoms with Crippen molar-refractivity contribution in [2.45, 2.75) is 328 Å². The van der Waals surface area contributed by atoms with Gasteiger partial charge in [0, 0.05) is 6.42 Å². The quantitative estimate of drug-likeness (QED) is 0.0420. The van der Waals surface area contributed by atoms with Crippen molar-refractivity contribution >= 4 is 5.91 Å². The third kappa shape index (κ3) is 63.5. The van der Waals surface area contributed by atoms with Gasteiger partial charge in [0.15, 0.2) is 0 Å². The molecule has 0 aliphatic heterocycles. The van der Waals surface area contributed by atoms with E-state index in [1.807, 2.05) is 6.08 Å². The molecular formula is C73H127NO3. The summed E-state index contributed by atoms with van der Waals surface area (Å²) in [6, 6.07) is -0.639. The molecule has 0 radical (unpaired) electrons. The van der Waals surface area contributed by atoms with E-state index in [2.05, 4.69) is 129 Å². The summed E-state index contributed by atoms with van der Waals surface area (Å²) in [6.07, 6.45) is 103. The fraction of sp³-hybridized carbons (Fsp3) is 0.712. The maximum absolute atomic E-state index is 12.5. The monoisotopic (exact) mass is 1070 g/mol. The van der Waals surface area contributed by atoms with Crippen LogP contribution in [0.3, 0.4) is 0 Å². The minimum absolute atomic E-state index is 0.0767. The minimum atomic E-state index is -0.855. The van der Waals surface area contributed by atoms with Gasteiger partial charge >= 0.3 is 0 Å². The van der Waals surface area contributed by atoms with Gasteiger partial charge in [-0.15, -0.1) is 0 Å². The van der Waals surface area contributed by atoms with E-state index in [1.54, 1.807) is 6.08 Å². The van der Waals surface area contributed by atoms with Crippen molar-refractivity contribution in [3.05, 3.63) is 122 Å². The Balaban J connectivity index is 3.57. The van der Waals surface area contributed by atoms with Gasteiger partial charge in [0.25, 0.3) is 0 Å². The lowest BCUT2D eigenvalue weighted by Gasteiger charge is -2.20. The first-order valence-electron chi connectivity index (χ1n) is 33.2. The number of carbonyl (C=O) groups excluding carboxylic acids is 1. The first kappa shape index (κ1) is 73.8. The summed E-state index contributed by atoms with van der Waals surface area (Å²) in [6.45, 7) is 4.21. The van der Waals surface area contributed by atoms with Crippen LogP contribution in [0.1, 0.15) is 316 Å². The van der Waals surface area contributed by atoms with Gasteiger partial charge in [-0.25, -0.2) is 0 Å². The number of aliphatic hydroxyl groups excluding tert-OH is 2. The summed E-state index contributed by atoms with van der Waals surface area (Å²) in [7, 11) is 0. The van der Waals surface area contributed by atoms with Crippen LogP contribution >= 0.6 is 0 Å². The normalized spacial score (nSPS) is 13.6. The minimum Gasteiger partial charge on any atom is -0.394 e. The van der Waals surface area contributed by atoms with Crippen LogP contribution in [0.4, 0.5) is 0 Å². The fourth-order valence-electron chi connectivity index (χ4n) is 9.70. The van der Waals surface area contributed by atoms with Gasteiger partial charge in [-0.3, -0.25) is 4.79 Å². The average Bonchev–Trinajstić information content (AvgIpc) is 3.43. The van der Waals surface area contributed by atoms with Gasteiger partial charge in [0.05, 0.1) is 18.8 Å². The molecule has 77 heavy (non-hydrogen) atoms. The zero-order chi connectivity index (χ0) is 55.5. The average molecular weight is 1070 g/mol. The Labute approximate surface area is 479 Å². The van der Waals surface area contributed by atoms with Gasteiger partial charge in [-0.05, 0) is 89.9 Å². The van der Waals surface area contributed by atoms with Crippen LogP contribution in [-0.2, 0) is 4.79 Å². The third-order valence-electron chi connectivity index (χ3n) is 14.7. The summed E-state index contributed by atoms with van der Waals surface area (Å²) in [5, 5.41) is 23.3. The van der Waals surface area contributed by atoms with Gasteiger partial charge in [-0.1, -0.05) is 341 Å². The molecular weight excluding hydrogens is 939 g/mol. The Morgan fingerprint density at radius 1 is 0.325 bits per heavy atom. The SMILES string of the molecule is CC/C=C\C/C=C\C/C=C\C/C=C\C/C=C\C/C=C\C/C=C\C/C=C\C/C=C\CCCCCCCCCC(=O)NC(CO)C(O)/C=C/CCCCCCCCCCCCCCCCCCCCCCCCCCCCCC. The standard InChI is InChI=1S/C73H127NO3/c1-3-5-7-9-11-13-15-17-19-21-23-25-27-29-31-33-35-36-37-38-39-41-43-45-47-49-51-53-55-57-59-61-63-65-67-69-73(77)74-71(70-75)72(76)68-66-64-62-60-58-56-54-52-50-48-46-44-42-40-34-32-30-28-26-24-22-20-18-16-14-12-10-8-6-4-2/h5,7,11,13,17,19,23,25,29,31,35-36,38-39,43,45,49,51,66,68,71-72,75-76H,3-4,6,8-10,12,14-16,18,20-22,24,26-28,30,32-34,37,40-42,44,46-48,50,52-65,67,69-70H2,1-2H3,(H,74,77)/b7-5-,13-11-,19-17-,25-23-,31-29-,36-35-,39-38-,45-43-,51-49-,68-66+. The number of hydrogen-bond donors (Lipinski definition) is 3. The number of aliphatic hydroxyl groups is 2. The largest absolute Gasteiger partial charge is 0.394 e. The summed E-state index contributed by atoms with van der Waals surface area (Å²) in [5.41, 5.74) is 0. The Morgan fingerprint density at radius 2 is 0.571 bits per heavy atom. The zero-order valence-electron chi connectivity index (χ0n) is 50.9. The Bertz CT molecular complexity index is 1490. The first-order valence-corrected chi connectivity index (χ1v) is 33.2. The predicted molar refractivity (Wildman–Crippen MR) is 345 cm³/mol. The van der Waals surface area contributed by atoms with Crippen LogP contribution in [0.25, 0.3) is 0 Å². The molecule has 3 N–H and O–H groups in total. The molecule has 0 spiro atoms. The summed E-state index contributed by atoms with van der Waals surface area (Å²) >= 11 is 0. The Morgan fingerprint density at radius 3 is 0.857 bits per heavy atom.